The number of rotatable bonds is 0. The van der Waals surface area contributed by atoms with Crippen LogP contribution in [-0.2, 0) is 0 Å². The molecule has 0 aliphatic carbocycles. The molecule has 7 rings (SSSR count). The van der Waals surface area contributed by atoms with Gasteiger partial charge in [-0.2, -0.15) is 0 Å². The van der Waals surface area contributed by atoms with Crippen LogP contribution < -0.4 is 0 Å². The summed E-state index contributed by atoms with van der Waals surface area (Å²) in [6.07, 6.45) is 0. The predicted molar refractivity (Wildman–Crippen MR) is 113 cm³/mol. The maximum atomic E-state index is 5.02. The van der Waals surface area contributed by atoms with Crippen molar-refractivity contribution in [3.05, 3.63) is 72.8 Å². The highest BCUT2D eigenvalue weighted by molar-refractivity contribution is 6.35. The van der Waals surface area contributed by atoms with Gasteiger partial charge in [0.1, 0.15) is 0 Å². The fourth-order valence-electron chi connectivity index (χ4n) is 4.55. The van der Waals surface area contributed by atoms with Crippen LogP contribution in [0.15, 0.2) is 72.8 Å². The van der Waals surface area contributed by atoms with Crippen LogP contribution in [0.3, 0.4) is 0 Å². The van der Waals surface area contributed by atoms with Crippen LogP contribution in [0.4, 0.5) is 0 Å². The van der Waals surface area contributed by atoms with E-state index in [1.807, 2.05) is 18.2 Å². The van der Waals surface area contributed by atoms with Gasteiger partial charge in [0.05, 0.1) is 33.1 Å². The minimum Gasteiger partial charge on any atom is -0.351 e. The fourth-order valence-corrected chi connectivity index (χ4v) is 4.55. The van der Waals surface area contributed by atoms with Gasteiger partial charge in [0.2, 0.25) is 0 Å². The molecule has 0 aliphatic heterocycles. The molecule has 2 heterocycles. The molecule has 0 fully saturated rings. The SMILES string of the molecule is c1ccc2[nH]c3c4cccc5c6nc7ccccc7c6cc(c3nc2c1)c54. The number of nitrogens with one attached hydrogen (secondary N) is 1. The molecule has 124 valence electrons. The number of aromatic amines is 1. The quantitative estimate of drug-likeness (QED) is 0.358. The topological polar surface area (TPSA) is 41.6 Å². The van der Waals surface area contributed by atoms with Crippen molar-refractivity contribution in [1.29, 1.82) is 0 Å². The monoisotopic (exact) mass is 343 g/mol. The van der Waals surface area contributed by atoms with Crippen molar-refractivity contribution in [2.45, 2.75) is 0 Å². The summed E-state index contributed by atoms with van der Waals surface area (Å²) in [5.74, 6) is 0. The molecule has 3 nitrogen and oxygen atoms in total. The Morgan fingerprint density at radius 2 is 1.30 bits per heavy atom. The van der Waals surface area contributed by atoms with Gasteiger partial charge in [-0.05, 0) is 24.3 Å². The van der Waals surface area contributed by atoms with Gasteiger partial charge in [-0.1, -0.05) is 48.5 Å². The van der Waals surface area contributed by atoms with Gasteiger partial charge in [0.25, 0.3) is 0 Å². The van der Waals surface area contributed by atoms with Gasteiger partial charge in [-0.15, -0.1) is 0 Å². The number of H-pyrrole nitrogens is 1. The van der Waals surface area contributed by atoms with E-state index in [1.54, 1.807) is 0 Å². The normalized spacial score (nSPS) is 12.4. The van der Waals surface area contributed by atoms with Crippen molar-refractivity contribution in [2.24, 2.45) is 0 Å². The third-order valence-corrected chi connectivity index (χ3v) is 5.72. The van der Waals surface area contributed by atoms with Crippen LogP contribution in [0, 0.1) is 0 Å². The van der Waals surface area contributed by atoms with E-state index in [2.05, 4.69) is 59.6 Å². The van der Waals surface area contributed by atoms with E-state index in [4.69, 9.17) is 9.97 Å². The second-order valence-electron chi connectivity index (χ2n) is 7.15. The van der Waals surface area contributed by atoms with E-state index in [-0.39, 0.29) is 0 Å². The second-order valence-corrected chi connectivity index (χ2v) is 7.15. The third kappa shape index (κ3) is 1.57. The van der Waals surface area contributed by atoms with E-state index < -0.39 is 0 Å². The maximum absolute atomic E-state index is 5.02. The largest absolute Gasteiger partial charge is 0.351 e. The van der Waals surface area contributed by atoms with E-state index >= 15 is 0 Å². The molecule has 0 atom stereocenters. The average molecular weight is 343 g/mol. The molecule has 0 bridgehead atoms. The summed E-state index contributed by atoms with van der Waals surface area (Å²) < 4.78 is 0. The number of para-hydroxylation sites is 3. The molecule has 27 heavy (non-hydrogen) atoms. The first-order valence-corrected chi connectivity index (χ1v) is 9.12. The molecule has 0 radical (unpaired) electrons. The van der Waals surface area contributed by atoms with Gasteiger partial charge in [0, 0.05) is 32.3 Å². The van der Waals surface area contributed by atoms with Gasteiger partial charge >= 0.3 is 0 Å². The molecule has 7 aromatic rings. The van der Waals surface area contributed by atoms with Gasteiger partial charge in [-0.25, -0.2) is 9.97 Å². The molecule has 1 N–H and O–H groups in total. The van der Waals surface area contributed by atoms with E-state index in [1.165, 1.54) is 32.3 Å². The Balaban J connectivity index is 1.83. The summed E-state index contributed by atoms with van der Waals surface area (Å²) in [6.45, 7) is 0. The van der Waals surface area contributed by atoms with Crippen LogP contribution in [-0.4, -0.2) is 15.0 Å². The number of benzene rings is 4. The molecule has 0 saturated carbocycles. The Kier molecular flexibility index (Phi) is 2.25. The van der Waals surface area contributed by atoms with Crippen molar-refractivity contribution in [3.8, 4) is 0 Å². The minimum atomic E-state index is 0.989. The standard InChI is InChI=1S/C24H13N3/c1-2-9-18-13(6-1)16-12-17-21-14(22(16)25-18)7-5-8-15(21)23-24(17)27-20-11-4-3-10-19(20)26-23/h1-12,26H. The molecule has 5 aromatic carbocycles. The van der Waals surface area contributed by atoms with Crippen LogP contribution in [0.5, 0.6) is 0 Å². The number of nitrogens with zero attached hydrogens (tertiary/aromatic N) is 2. The molecule has 2 aromatic heterocycles. The Labute approximate surface area is 153 Å². The lowest BCUT2D eigenvalue weighted by atomic mass is 10.0. The summed E-state index contributed by atoms with van der Waals surface area (Å²) in [7, 11) is 0. The van der Waals surface area contributed by atoms with Crippen molar-refractivity contribution in [1.82, 2.24) is 15.0 Å². The van der Waals surface area contributed by atoms with Gasteiger partial charge in [-0.3, -0.25) is 0 Å². The maximum Gasteiger partial charge on any atom is 0.0958 e. The molecule has 0 saturated heterocycles. The fraction of sp³-hybridized carbons (Fsp3) is 0. The van der Waals surface area contributed by atoms with Crippen LogP contribution in [0.1, 0.15) is 0 Å². The second kappa shape index (κ2) is 4.51. The van der Waals surface area contributed by atoms with Crippen molar-refractivity contribution >= 4 is 65.4 Å². The van der Waals surface area contributed by atoms with E-state index in [9.17, 15) is 0 Å². The van der Waals surface area contributed by atoms with Crippen LogP contribution in [0.2, 0.25) is 0 Å². The number of hydrogen-bond donors (Lipinski definition) is 1. The van der Waals surface area contributed by atoms with Crippen LogP contribution in [0.25, 0.3) is 65.4 Å². The molecule has 0 spiro atoms. The van der Waals surface area contributed by atoms with Gasteiger partial charge in [0.15, 0.2) is 0 Å². The van der Waals surface area contributed by atoms with E-state index in [0.717, 1.165) is 33.1 Å². The number of fused-ring (bicyclic) bond motifs is 8. The number of hydrogen-bond acceptors (Lipinski definition) is 2. The van der Waals surface area contributed by atoms with Crippen LogP contribution >= 0.6 is 0 Å². The first-order chi connectivity index (χ1) is 13.4. The van der Waals surface area contributed by atoms with E-state index in [0.29, 0.717) is 0 Å². The Morgan fingerprint density at radius 3 is 2.26 bits per heavy atom. The average Bonchev–Trinajstić information content (AvgIpc) is 3.24. The highest BCUT2D eigenvalue weighted by Gasteiger charge is 2.18. The smallest absolute Gasteiger partial charge is 0.0958 e. The minimum absolute atomic E-state index is 0.989. The Bertz CT molecular complexity index is 1670. The predicted octanol–water partition coefficient (Wildman–Crippen LogP) is 6.16. The lowest BCUT2D eigenvalue weighted by Gasteiger charge is -2.00. The molecular weight excluding hydrogens is 330 g/mol. The highest BCUT2D eigenvalue weighted by Crippen LogP contribution is 2.42. The first kappa shape index (κ1) is 13.5. The van der Waals surface area contributed by atoms with Crippen molar-refractivity contribution in [2.75, 3.05) is 0 Å². The summed E-state index contributed by atoms with van der Waals surface area (Å²) >= 11 is 0. The first-order valence-electron chi connectivity index (χ1n) is 9.12. The zero-order valence-electron chi connectivity index (χ0n) is 14.3. The van der Waals surface area contributed by atoms with Crippen molar-refractivity contribution in [3.63, 3.8) is 0 Å². The summed E-state index contributed by atoms with van der Waals surface area (Å²) in [5.41, 5.74) is 6.31. The molecule has 0 aliphatic rings. The molecule has 0 unspecified atom stereocenters. The highest BCUT2D eigenvalue weighted by atomic mass is 14.8. The zero-order chi connectivity index (χ0) is 17.5. The summed E-state index contributed by atoms with van der Waals surface area (Å²) in [6, 6.07) is 25.3. The molecule has 3 heteroatoms. The molecule has 0 amide bonds. The summed E-state index contributed by atoms with van der Waals surface area (Å²) in [5, 5.41) is 7.27. The lowest BCUT2D eigenvalue weighted by molar-refractivity contribution is 1.42. The van der Waals surface area contributed by atoms with Crippen molar-refractivity contribution < 1.29 is 0 Å². The zero-order valence-corrected chi connectivity index (χ0v) is 14.3. The number of aromatic nitrogens is 3. The molecular formula is C24H13N3. The Morgan fingerprint density at radius 1 is 0.556 bits per heavy atom. The lowest BCUT2D eigenvalue weighted by Crippen LogP contribution is -1.83. The summed E-state index contributed by atoms with van der Waals surface area (Å²) in [4.78, 5) is 13.6. The Hall–Kier alpha value is -3.72. The van der Waals surface area contributed by atoms with Gasteiger partial charge < -0.3 is 4.98 Å². The third-order valence-electron chi connectivity index (χ3n) is 5.72.